The number of aryl methyl sites for hydroxylation is 3. The minimum Gasteiger partial charge on any atom is -0.350 e. The molecule has 0 bridgehead atoms. The third-order valence-corrected chi connectivity index (χ3v) is 4.02. The van der Waals surface area contributed by atoms with E-state index in [1.165, 1.54) is 34.9 Å². The fourth-order valence-corrected chi connectivity index (χ4v) is 2.71. The summed E-state index contributed by atoms with van der Waals surface area (Å²) >= 11 is 0. The first-order chi connectivity index (χ1) is 8.07. The van der Waals surface area contributed by atoms with Crippen LogP contribution in [0.15, 0.2) is 24.4 Å². The molecule has 1 aromatic carbocycles. The van der Waals surface area contributed by atoms with Gasteiger partial charge in [0.05, 0.1) is 5.52 Å². The Labute approximate surface area is 102 Å². The highest BCUT2D eigenvalue weighted by Gasteiger charge is 2.37. The van der Waals surface area contributed by atoms with E-state index in [0.29, 0.717) is 0 Å². The zero-order chi connectivity index (χ0) is 12.0. The van der Waals surface area contributed by atoms with Crippen LogP contribution in [0.25, 0.3) is 10.9 Å². The number of aromatic nitrogens is 1. The van der Waals surface area contributed by atoms with Crippen LogP contribution in [-0.2, 0) is 13.5 Å². The van der Waals surface area contributed by atoms with Crippen molar-refractivity contribution in [3.63, 3.8) is 0 Å². The second-order valence-corrected chi connectivity index (χ2v) is 5.64. The van der Waals surface area contributed by atoms with Crippen LogP contribution < -0.4 is 5.73 Å². The highest BCUT2D eigenvalue weighted by molar-refractivity contribution is 5.84. The summed E-state index contributed by atoms with van der Waals surface area (Å²) in [7, 11) is 2.11. The van der Waals surface area contributed by atoms with E-state index in [2.05, 4.69) is 42.9 Å². The summed E-state index contributed by atoms with van der Waals surface area (Å²) in [6.07, 6.45) is 6.79. The molecule has 0 unspecified atom stereocenters. The molecule has 1 saturated carbocycles. The van der Waals surface area contributed by atoms with Gasteiger partial charge in [-0.1, -0.05) is 6.07 Å². The molecule has 0 atom stereocenters. The molecule has 3 rings (SSSR count). The number of hydrogen-bond acceptors (Lipinski definition) is 1. The predicted octanol–water partition coefficient (Wildman–Crippen LogP) is 2.91. The third kappa shape index (κ3) is 1.98. The quantitative estimate of drug-likeness (QED) is 0.860. The molecule has 2 nitrogen and oxygen atoms in total. The van der Waals surface area contributed by atoms with Crippen molar-refractivity contribution in [3.8, 4) is 0 Å². The average molecular weight is 228 g/mol. The number of hydrogen-bond donors (Lipinski definition) is 1. The summed E-state index contributed by atoms with van der Waals surface area (Å²) in [5, 5.41) is 1.35. The van der Waals surface area contributed by atoms with Crippen LogP contribution in [0.5, 0.6) is 0 Å². The van der Waals surface area contributed by atoms with Gasteiger partial charge in [0.25, 0.3) is 0 Å². The Balaban J connectivity index is 1.90. The number of nitrogens with zero attached hydrogens (tertiary/aromatic N) is 1. The van der Waals surface area contributed by atoms with E-state index in [-0.39, 0.29) is 5.54 Å². The van der Waals surface area contributed by atoms with Crippen molar-refractivity contribution in [2.45, 2.75) is 38.1 Å². The number of rotatable bonds is 3. The standard InChI is InChI=1S/C15H20N2/c1-11-9-12(3-5-15(16)6-7-15)10-13-4-8-17(2)14(11)13/h4,8-10H,3,5-7,16H2,1-2H3. The molecule has 0 aliphatic heterocycles. The Hall–Kier alpha value is -1.28. The van der Waals surface area contributed by atoms with E-state index in [1.54, 1.807) is 0 Å². The molecule has 1 heterocycles. The largest absolute Gasteiger partial charge is 0.350 e. The van der Waals surface area contributed by atoms with E-state index >= 15 is 0 Å². The van der Waals surface area contributed by atoms with Gasteiger partial charge in [0.15, 0.2) is 0 Å². The highest BCUT2D eigenvalue weighted by atomic mass is 14.9. The van der Waals surface area contributed by atoms with Crippen LogP contribution in [-0.4, -0.2) is 10.1 Å². The normalized spacial score (nSPS) is 17.6. The van der Waals surface area contributed by atoms with Crippen molar-refractivity contribution in [1.29, 1.82) is 0 Å². The van der Waals surface area contributed by atoms with E-state index in [9.17, 15) is 0 Å². The van der Waals surface area contributed by atoms with Crippen molar-refractivity contribution in [3.05, 3.63) is 35.5 Å². The maximum absolute atomic E-state index is 6.15. The van der Waals surface area contributed by atoms with Gasteiger partial charge in [-0.2, -0.15) is 0 Å². The minimum atomic E-state index is 0.166. The van der Waals surface area contributed by atoms with E-state index in [4.69, 9.17) is 5.73 Å². The molecule has 90 valence electrons. The van der Waals surface area contributed by atoms with E-state index < -0.39 is 0 Å². The Bertz CT molecular complexity index is 562. The van der Waals surface area contributed by atoms with Crippen LogP contribution in [0, 0.1) is 6.92 Å². The molecule has 1 aliphatic rings. The second-order valence-electron chi connectivity index (χ2n) is 5.64. The molecular weight excluding hydrogens is 208 g/mol. The van der Waals surface area contributed by atoms with Crippen LogP contribution in [0.3, 0.4) is 0 Å². The Morgan fingerprint density at radius 3 is 2.82 bits per heavy atom. The summed E-state index contributed by atoms with van der Waals surface area (Å²) in [6, 6.07) is 6.82. The Morgan fingerprint density at radius 2 is 2.12 bits per heavy atom. The smallest absolute Gasteiger partial charge is 0.0507 e. The van der Waals surface area contributed by atoms with Gasteiger partial charge >= 0.3 is 0 Å². The molecule has 17 heavy (non-hydrogen) atoms. The molecule has 0 spiro atoms. The summed E-state index contributed by atoms with van der Waals surface area (Å²) in [6.45, 7) is 2.20. The molecule has 0 radical (unpaired) electrons. The molecule has 0 amide bonds. The number of nitrogens with two attached hydrogens (primary N) is 1. The number of benzene rings is 1. The lowest BCUT2D eigenvalue weighted by Gasteiger charge is -2.10. The van der Waals surface area contributed by atoms with Gasteiger partial charge in [0, 0.05) is 24.2 Å². The van der Waals surface area contributed by atoms with Gasteiger partial charge in [-0.15, -0.1) is 0 Å². The first kappa shape index (κ1) is 10.8. The zero-order valence-electron chi connectivity index (χ0n) is 10.7. The minimum absolute atomic E-state index is 0.166. The molecule has 1 aliphatic carbocycles. The Kier molecular flexibility index (Phi) is 2.30. The molecule has 2 heteroatoms. The Morgan fingerprint density at radius 1 is 1.35 bits per heavy atom. The van der Waals surface area contributed by atoms with Crippen molar-refractivity contribution >= 4 is 10.9 Å². The van der Waals surface area contributed by atoms with Crippen LogP contribution in [0.1, 0.15) is 30.4 Å². The van der Waals surface area contributed by atoms with E-state index in [1.807, 2.05) is 0 Å². The number of fused-ring (bicyclic) bond motifs is 1. The van der Waals surface area contributed by atoms with Crippen LogP contribution in [0.2, 0.25) is 0 Å². The van der Waals surface area contributed by atoms with E-state index in [0.717, 1.165) is 12.8 Å². The van der Waals surface area contributed by atoms with Gasteiger partial charge in [0.2, 0.25) is 0 Å². The lowest BCUT2D eigenvalue weighted by molar-refractivity contribution is 0.609. The summed E-state index contributed by atoms with van der Waals surface area (Å²) in [5.41, 5.74) is 10.5. The van der Waals surface area contributed by atoms with Gasteiger partial charge < -0.3 is 10.3 Å². The maximum atomic E-state index is 6.15. The third-order valence-electron chi connectivity index (χ3n) is 4.02. The zero-order valence-corrected chi connectivity index (χ0v) is 10.7. The lowest BCUT2D eigenvalue weighted by Crippen LogP contribution is -2.22. The first-order valence-electron chi connectivity index (χ1n) is 6.41. The maximum Gasteiger partial charge on any atom is 0.0507 e. The predicted molar refractivity (Wildman–Crippen MR) is 72.1 cm³/mol. The fourth-order valence-electron chi connectivity index (χ4n) is 2.71. The van der Waals surface area contributed by atoms with Gasteiger partial charge in [-0.3, -0.25) is 0 Å². The monoisotopic (exact) mass is 228 g/mol. The van der Waals surface area contributed by atoms with Gasteiger partial charge in [0.1, 0.15) is 0 Å². The van der Waals surface area contributed by atoms with Gasteiger partial charge in [-0.05, 0) is 55.9 Å². The summed E-state index contributed by atoms with van der Waals surface area (Å²) < 4.78 is 2.19. The van der Waals surface area contributed by atoms with Gasteiger partial charge in [-0.25, -0.2) is 0 Å². The second kappa shape index (κ2) is 3.61. The van der Waals surface area contributed by atoms with Crippen molar-refractivity contribution in [2.75, 3.05) is 0 Å². The van der Waals surface area contributed by atoms with Crippen LogP contribution in [0.4, 0.5) is 0 Å². The highest BCUT2D eigenvalue weighted by Crippen LogP contribution is 2.36. The molecule has 1 fully saturated rings. The molecule has 2 N–H and O–H groups in total. The lowest BCUT2D eigenvalue weighted by atomic mass is 10.0. The van der Waals surface area contributed by atoms with Crippen molar-refractivity contribution in [1.82, 2.24) is 4.57 Å². The molecule has 2 aromatic rings. The first-order valence-corrected chi connectivity index (χ1v) is 6.41. The average Bonchev–Trinajstić information content (AvgIpc) is 2.90. The summed E-state index contributed by atoms with van der Waals surface area (Å²) in [4.78, 5) is 0. The van der Waals surface area contributed by atoms with Crippen molar-refractivity contribution in [2.24, 2.45) is 12.8 Å². The van der Waals surface area contributed by atoms with Crippen molar-refractivity contribution < 1.29 is 0 Å². The fraction of sp³-hybridized carbons (Fsp3) is 0.467. The molecule has 1 aromatic heterocycles. The van der Waals surface area contributed by atoms with Crippen LogP contribution >= 0.6 is 0 Å². The topological polar surface area (TPSA) is 30.9 Å². The molecule has 0 saturated heterocycles. The SMILES string of the molecule is Cc1cc(CCC2(N)CC2)cc2ccn(C)c12. The summed E-state index contributed by atoms with van der Waals surface area (Å²) in [5.74, 6) is 0. The molecular formula is C15H20N2.